The van der Waals surface area contributed by atoms with Crippen molar-refractivity contribution in [2.75, 3.05) is 18.4 Å². The summed E-state index contributed by atoms with van der Waals surface area (Å²) in [6, 6.07) is 5.84. The summed E-state index contributed by atoms with van der Waals surface area (Å²) in [5.41, 5.74) is 1.54. The zero-order valence-corrected chi connectivity index (χ0v) is 9.67. The Morgan fingerprint density at radius 2 is 2.38 bits per heavy atom. The predicted octanol–water partition coefficient (Wildman–Crippen LogP) is 1.43. The molecule has 0 spiro atoms. The smallest absolute Gasteiger partial charge is 0.144 e. The second-order valence-electron chi connectivity index (χ2n) is 4.57. The summed E-state index contributed by atoms with van der Waals surface area (Å²) in [7, 11) is 0. The molecular weight excluding hydrogens is 200 g/mol. The number of nitrogens with zero attached hydrogens (tertiary/aromatic N) is 2. The molecule has 0 amide bonds. The molecule has 1 aromatic heterocycles. The highest BCUT2D eigenvalue weighted by Crippen LogP contribution is 2.22. The average Bonchev–Trinajstić information content (AvgIpc) is 2.65. The Balaban J connectivity index is 2.26. The second-order valence-corrected chi connectivity index (χ2v) is 4.57. The van der Waals surface area contributed by atoms with Crippen LogP contribution in [0.4, 0.5) is 5.82 Å². The van der Waals surface area contributed by atoms with Crippen LogP contribution in [-0.4, -0.2) is 23.6 Å². The van der Waals surface area contributed by atoms with Gasteiger partial charge in [0, 0.05) is 17.8 Å². The third-order valence-electron chi connectivity index (χ3n) is 2.94. The number of hydrogen-bond donors (Lipinski definition) is 2. The molecule has 0 bridgehead atoms. The lowest BCUT2D eigenvalue weighted by Gasteiger charge is -2.25. The number of aryl methyl sites for hydroxylation is 1. The number of hydrogen-bond acceptors (Lipinski definition) is 4. The summed E-state index contributed by atoms with van der Waals surface area (Å²) in [5.74, 6) is 0.703. The molecule has 0 aliphatic carbocycles. The fourth-order valence-corrected chi connectivity index (χ4v) is 1.95. The fraction of sp³-hybridized carbons (Fsp3) is 0.500. The van der Waals surface area contributed by atoms with Crippen LogP contribution in [-0.2, 0) is 0 Å². The molecule has 1 atom stereocenters. The van der Waals surface area contributed by atoms with Crippen LogP contribution in [0.25, 0.3) is 0 Å². The summed E-state index contributed by atoms with van der Waals surface area (Å²) >= 11 is 0. The van der Waals surface area contributed by atoms with E-state index in [1.807, 2.05) is 19.1 Å². The molecule has 16 heavy (non-hydrogen) atoms. The Morgan fingerprint density at radius 3 is 3.00 bits per heavy atom. The van der Waals surface area contributed by atoms with Gasteiger partial charge >= 0.3 is 0 Å². The molecule has 0 saturated carbocycles. The van der Waals surface area contributed by atoms with Crippen molar-refractivity contribution in [2.24, 2.45) is 0 Å². The lowest BCUT2D eigenvalue weighted by atomic mass is 10.0. The molecule has 1 fully saturated rings. The van der Waals surface area contributed by atoms with Gasteiger partial charge in [0.15, 0.2) is 0 Å². The Labute approximate surface area is 95.7 Å². The standard InChI is InChI=1S/C12H16N4/c1-9-3-4-10(7-13)11(15-9)16-12(2)5-6-14-8-12/h3-4,14H,5-6,8H2,1-2H3,(H,15,16). The highest BCUT2D eigenvalue weighted by molar-refractivity contribution is 5.53. The first-order valence-electron chi connectivity index (χ1n) is 5.50. The summed E-state index contributed by atoms with van der Waals surface area (Å²) in [6.07, 6.45) is 1.05. The van der Waals surface area contributed by atoms with Gasteiger partial charge in [0.05, 0.1) is 5.56 Å². The molecular formula is C12H16N4. The van der Waals surface area contributed by atoms with Crippen LogP contribution in [0.2, 0.25) is 0 Å². The third kappa shape index (κ3) is 2.15. The molecule has 1 aromatic rings. The Bertz CT molecular complexity index is 427. The number of nitriles is 1. The van der Waals surface area contributed by atoms with Crippen molar-refractivity contribution < 1.29 is 0 Å². The number of anilines is 1. The Morgan fingerprint density at radius 1 is 1.56 bits per heavy atom. The Hall–Kier alpha value is -1.60. The van der Waals surface area contributed by atoms with Crippen molar-refractivity contribution >= 4 is 5.82 Å². The highest BCUT2D eigenvalue weighted by Gasteiger charge is 2.29. The number of nitrogens with one attached hydrogen (secondary N) is 2. The van der Waals surface area contributed by atoms with Crippen molar-refractivity contribution in [1.29, 1.82) is 5.26 Å². The fourth-order valence-electron chi connectivity index (χ4n) is 1.95. The molecule has 1 saturated heterocycles. The van der Waals surface area contributed by atoms with E-state index in [1.54, 1.807) is 0 Å². The molecule has 4 heteroatoms. The quantitative estimate of drug-likeness (QED) is 0.785. The molecule has 1 aliphatic heterocycles. The number of pyridine rings is 1. The van der Waals surface area contributed by atoms with Crippen molar-refractivity contribution in [3.8, 4) is 6.07 Å². The van der Waals surface area contributed by atoms with E-state index in [0.717, 1.165) is 25.2 Å². The summed E-state index contributed by atoms with van der Waals surface area (Å²) in [5, 5.41) is 15.7. The maximum absolute atomic E-state index is 9.02. The molecule has 2 N–H and O–H groups in total. The van der Waals surface area contributed by atoms with Crippen LogP contribution in [0.15, 0.2) is 12.1 Å². The van der Waals surface area contributed by atoms with E-state index >= 15 is 0 Å². The SMILES string of the molecule is Cc1ccc(C#N)c(NC2(C)CCNC2)n1. The van der Waals surface area contributed by atoms with E-state index in [2.05, 4.69) is 28.6 Å². The van der Waals surface area contributed by atoms with Gasteiger partial charge in [-0.05, 0) is 38.9 Å². The van der Waals surface area contributed by atoms with Gasteiger partial charge in [0.2, 0.25) is 0 Å². The lowest BCUT2D eigenvalue weighted by Crippen LogP contribution is -2.37. The number of rotatable bonds is 2. The van der Waals surface area contributed by atoms with Gasteiger partial charge in [0.1, 0.15) is 11.9 Å². The molecule has 1 unspecified atom stereocenters. The normalized spacial score (nSPS) is 24.1. The van der Waals surface area contributed by atoms with Gasteiger partial charge in [0.25, 0.3) is 0 Å². The minimum Gasteiger partial charge on any atom is -0.362 e. The largest absolute Gasteiger partial charge is 0.362 e. The van der Waals surface area contributed by atoms with E-state index in [4.69, 9.17) is 5.26 Å². The van der Waals surface area contributed by atoms with Gasteiger partial charge < -0.3 is 10.6 Å². The van der Waals surface area contributed by atoms with E-state index < -0.39 is 0 Å². The zero-order valence-electron chi connectivity index (χ0n) is 9.67. The minimum absolute atomic E-state index is 0.00634. The van der Waals surface area contributed by atoms with Crippen LogP contribution in [0.1, 0.15) is 24.6 Å². The molecule has 2 heterocycles. The van der Waals surface area contributed by atoms with Crippen LogP contribution in [0, 0.1) is 18.3 Å². The summed E-state index contributed by atoms with van der Waals surface area (Å²) in [6.45, 7) is 6.00. The van der Waals surface area contributed by atoms with Gasteiger partial charge in [-0.1, -0.05) is 0 Å². The summed E-state index contributed by atoms with van der Waals surface area (Å²) < 4.78 is 0. The van der Waals surface area contributed by atoms with Crippen molar-refractivity contribution in [3.05, 3.63) is 23.4 Å². The first-order valence-corrected chi connectivity index (χ1v) is 5.50. The van der Waals surface area contributed by atoms with Crippen LogP contribution < -0.4 is 10.6 Å². The van der Waals surface area contributed by atoms with Gasteiger partial charge in [-0.2, -0.15) is 5.26 Å². The lowest BCUT2D eigenvalue weighted by molar-refractivity contribution is 0.564. The van der Waals surface area contributed by atoms with Crippen LogP contribution >= 0.6 is 0 Å². The molecule has 1 aliphatic rings. The zero-order chi connectivity index (χ0) is 11.6. The predicted molar refractivity (Wildman–Crippen MR) is 63.2 cm³/mol. The van der Waals surface area contributed by atoms with Gasteiger partial charge in [-0.15, -0.1) is 0 Å². The molecule has 0 aromatic carbocycles. The monoisotopic (exact) mass is 216 g/mol. The van der Waals surface area contributed by atoms with Crippen LogP contribution in [0.3, 0.4) is 0 Å². The summed E-state index contributed by atoms with van der Waals surface area (Å²) in [4.78, 5) is 4.39. The van der Waals surface area contributed by atoms with E-state index in [1.165, 1.54) is 0 Å². The molecule has 2 rings (SSSR count). The van der Waals surface area contributed by atoms with E-state index in [-0.39, 0.29) is 5.54 Å². The maximum atomic E-state index is 9.02. The van der Waals surface area contributed by atoms with Gasteiger partial charge in [-0.3, -0.25) is 0 Å². The second kappa shape index (κ2) is 4.11. The topological polar surface area (TPSA) is 60.7 Å². The first kappa shape index (κ1) is 10.9. The average molecular weight is 216 g/mol. The third-order valence-corrected chi connectivity index (χ3v) is 2.94. The van der Waals surface area contributed by atoms with Crippen molar-refractivity contribution in [2.45, 2.75) is 25.8 Å². The van der Waals surface area contributed by atoms with Gasteiger partial charge in [-0.25, -0.2) is 4.98 Å². The van der Waals surface area contributed by atoms with E-state index in [0.29, 0.717) is 11.4 Å². The highest BCUT2D eigenvalue weighted by atomic mass is 15.1. The van der Waals surface area contributed by atoms with Crippen LogP contribution in [0.5, 0.6) is 0 Å². The molecule has 4 nitrogen and oxygen atoms in total. The van der Waals surface area contributed by atoms with Crippen molar-refractivity contribution in [1.82, 2.24) is 10.3 Å². The molecule has 0 radical (unpaired) electrons. The maximum Gasteiger partial charge on any atom is 0.144 e. The molecule has 84 valence electrons. The first-order chi connectivity index (χ1) is 7.63. The number of aromatic nitrogens is 1. The van der Waals surface area contributed by atoms with Crippen molar-refractivity contribution in [3.63, 3.8) is 0 Å². The van der Waals surface area contributed by atoms with E-state index in [9.17, 15) is 0 Å². The Kier molecular flexibility index (Phi) is 2.80. The minimum atomic E-state index is 0.00634.